The topological polar surface area (TPSA) is 3.24 Å². The molecule has 0 aliphatic heterocycles. The average molecular weight is 203 g/mol. The third kappa shape index (κ3) is 3.30. The van der Waals surface area contributed by atoms with Crippen molar-refractivity contribution in [2.24, 2.45) is 0 Å². The Labute approximate surface area is 94.9 Å². The van der Waals surface area contributed by atoms with Crippen molar-refractivity contribution < 1.29 is 0 Å². The number of hydrogen-bond donors (Lipinski definition) is 0. The summed E-state index contributed by atoms with van der Waals surface area (Å²) in [5.74, 6) is 0. The van der Waals surface area contributed by atoms with Gasteiger partial charge in [-0.15, -0.1) is 0 Å². The first-order chi connectivity index (χ1) is 7.19. The second-order valence-electron chi connectivity index (χ2n) is 4.26. The molecule has 0 N–H and O–H groups in total. The molecule has 0 aromatic heterocycles. The lowest BCUT2D eigenvalue weighted by Crippen LogP contribution is -2.25. The Hall–Kier alpha value is -0.915. The lowest BCUT2D eigenvalue weighted by Gasteiger charge is -2.24. The molecule has 0 fully saturated rings. The van der Waals surface area contributed by atoms with Crippen LogP contribution in [-0.4, -0.2) is 20.9 Å². The van der Waals surface area contributed by atoms with E-state index in [0.717, 1.165) is 13.1 Å². The molecular formula is C13H22BN. The van der Waals surface area contributed by atoms with Crippen molar-refractivity contribution in [1.29, 1.82) is 0 Å². The summed E-state index contributed by atoms with van der Waals surface area (Å²) in [4.78, 5) is 2.48. The maximum absolute atomic E-state index is 2.48. The van der Waals surface area contributed by atoms with E-state index in [2.05, 4.69) is 51.7 Å². The van der Waals surface area contributed by atoms with Gasteiger partial charge in [0.05, 0.1) is 0 Å². The van der Waals surface area contributed by atoms with Gasteiger partial charge >= 0.3 is 0 Å². The maximum Gasteiger partial charge on any atom is 0.139 e. The van der Waals surface area contributed by atoms with Crippen molar-refractivity contribution in [1.82, 2.24) is 0 Å². The van der Waals surface area contributed by atoms with Crippen molar-refractivity contribution in [2.45, 2.75) is 33.6 Å². The Morgan fingerprint density at radius 2 is 1.73 bits per heavy atom. The normalized spacial score (nSPS) is 10.3. The molecule has 1 nitrogen and oxygen atoms in total. The fourth-order valence-electron chi connectivity index (χ4n) is 1.83. The van der Waals surface area contributed by atoms with Gasteiger partial charge in [-0.1, -0.05) is 30.9 Å². The molecule has 0 bridgehead atoms. The van der Waals surface area contributed by atoms with E-state index in [1.54, 1.807) is 0 Å². The fraction of sp³-hybridized carbons (Fsp3) is 0.538. The molecule has 0 unspecified atom stereocenters. The summed E-state index contributed by atoms with van der Waals surface area (Å²) in [6, 6.07) is 6.78. The van der Waals surface area contributed by atoms with E-state index in [-0.39, 0.29) is 0 Å². The number of nitrogens with zero attached hydrogens (tertiary/aromatic N) is 1. The van der Waals surface area contributed by atoms with Crippen LogP contribution in [0.2, 0.25) is 0 Å². The molecule has 1 aromatic carbocycles. The van der Waals surface area contributed by atoms with E-state index < -0.39 is 0 Å². The van der Waals surface area contributed by atoms with Crippen LogP contribution in [0.1, 0.15) is 32.3 Å². The van der Waals surface area contributed by atoms with E-state index in [1.165, 1.54) is 29.6 Å². The third-order valence-corrected chi connectivity index (χ3v) is 2.84. The number of anilines is 1. The van der Waals surface area contributed by atoms with Crippen LogP contribution in [0.25, 0.3) is 0 Å². The smallest absolute Gasteiger partial charge is 0.139 e. The van der Waals surface area contributed by atoms with Crippen molar-refractivity contribution in [2.75, 3.05) is 18.0 Å². The lowest BCUT2D eigenvalue weighted by molar-refractivity contribution is 0.745. The predicted molar refractivity (Wildman–Crippen MR) is 72.2 cm³/mol. The summed E-state index contributed by atoms with van der Waals surface area (Å²) in [6.07, 6.45) is 2.43. The summed E-state index contributed by atoms with van der Waals surface area (Å²) >= 11 is 0. The van der Waals surface area contributed by atoms with Crippen LogP contribution in [-0.2, 0) is 0 Å². The minimum Gasteiger partial charge on any atom is -0.372 e. The Kier molecular flexibility index (Phi) is 4.74. The largest absolute Gasteiger partial charge is 0.372 e. The monoisotopic (exact) mass is 203 g/mol. The highest BCUT2D eigenvalue weighted by atomic mass is 15.1. The minimum absolute atomic E-state index is 1.16. The molecule has 0 saturated carbocycles. The first kappa shape index (κ1) is 12.2. The van der Waals surface area contributed by atoms with Gasteiger partial charge in [0, 0.05) is 18.8 Å². The van der Waals surface area contributed by atoms with Crippen LogP contribution in [0.3, 0.4) is 0 Å². The molecule has 0 atom stereocenters. The predicted octanol–water partition coefficient (Wildman–Crippen LogP) is 1.88. The van der Waals surface area contributed by atoms with Crippen LogP contribution in [0.5, 0.6) is 0 Å². The SMILES string of the molecule is Bc1ccc(N(CCC)CCC)cc1C. The highest BCUT2D eigenvalue weighted by Gasteiger charge is 2.04. The Bertz CT molecular complexity index is 303. The van der Waals surface area contributed by atoms with Crippen LogP contribution in [0.15, 0.2) is 18.2 Å². The Morgan fingerprint density at radius 3 is 2.20 bits per heavy atom. The van der Waals surface area contributed by atoms with Gasteiger partial charge in [-0.2, -0.15) is 0 Å². The maximum atomic E-state index is 2.48. The highest BCUT2D eigenvalue weighted by Crippen LogP contribution is 2.15. The number of aryl methyl sites for hydroxylation is 1. The molecule has 0 aliphatic rings. The molecule has 0 radical (unpaired) electrons. The van der Waals surface area contributed by atoms with Gasteiger partial charge in [-0.25, -0.2) is 0 Å². The molecule has 2 heteroatoms. The molecule has 1 rings (SSSR count). The van der Waals surface area contributed by atoms with Crippen LogP contribution in [0.4, 0.5) is 5.69 Å². The van der Waals surface area contributed by atoms with E-state index in [0.29, 0.717) is 0 Å². The number of hydrogen-bond acceptors (Lipinski definition) is 1. The zero-order valence-corrected chi connectivity index (χ0v) is 10.5. The molecule has 0 saturated heterocycles. The Morgan fingerprint density at radius 1 is 1.13 bits per heavy atom. The molecule has 1 aromatic rings. The second-order valence-corrected chi connectivity index (χ2v) is 4.26. The Balaban J connectivity index is 2.85. The quantitative estimate of drug-likeness (QED) is 0.660. The molecule has 0 spiro atoms. The van der Waals surface area contributed by atoms with Crippen molar-refractivity contribution in [3.63, 3.8) is 0 Å². The zero-order chi connectivity index (χ0) is 11.3. The van der Waals surface area contributed by atoms with E-state index in [1.807, 2.05) is 0 Å². The first-order valence-corrected chi connectivity index (χ1v) is 6.01. The summed E-state index contributed by atoms with van der Waals surface area (Å²) in [5, 5.41) is 0. The minimum atomic E-state index is 1.16. The molecule has 0 amide bonds. The fourth-order valence-corrected chi connectivity index (χ4v) is 1.83. The zero-order valence-electron chi connectivity index (χ0n) is 10.5. The van der Waals surface area contributed by atoms with Crippen molar-refractivity contribution in [3.8, 4) is 0 Å². The van der Waals surface area contributed by atoms with Gasteiger partial charge in [0.2, 0.25) is 0 Å². The second kappa shape index (κ2) is 5.84. The molecule has 82 valence electrons. The standard InChI is InChI=1S/C13H22BN/c1-4-8-15(9-5-2)12-6-7-13(14)11(3)10-12/h6-7,10H,4-5,8-9,14H2,1-3H3. The van der Waals surface area contributed by atoms with Gasteiger partial charge in [-0.3, -0.25) is 0 Å². The summed E-state index contributed by atoms with van der Waals surface area (Å²) in [6.45, 7) is 9.00. The molecular weight excluding hydrogens is 181 g/mol. The highest BCUT2D eigenvalue weighted by molar-refractivity contribution is 6.33. The van der Waals surface area contributed by atoms with Gasteiger partial charge in [-0.05, 0) is 31.9 Å². The number of rotatable bonds is 5. The van der Waals surface area contributed by atoms with Crippen LogP contribution < -0.4 is 10.4 Å². The van der Waals surface area contributed by atoms with Gasteiger partial charge in [0.1, 0.15) is 7.85 Å². The van der Waals surface area contributed by atoms with Crippen molar-refractivity contribution >= 4 is 19.0 Å². The summed E-state index contributed by atoms with van der Waals surface area (Å²) < 4.78 is 0. The van der Waals surface area contributed by atoms with Crippen LogP contribution in [0, 0.1) is 6.92 Å². The van der Waals surface area contributed by atoms with E-state index in [4.69, 9.17) is 0 Å². The molecule has 0 heterocycles. The van der Waals surface area contributed by atoms with Crippen LogP contribution >= 0.6 is 0 Å². The molecule has 0 aliphatic carbocycles. The lowest BCUT2D eigenvalue weighted by atomic mass is 9.91. The van der Waals surface area contributed by atoms with E-state index >= 15 is 0 Å². The summed E-state index contributed by atoms with van der Waals surface area (Å²) in [7, 11) is 2.17. The number of benzene rings is 1. The first-order valence-electron chi connectivity index (χ1n) is 6.01. The van der Waals surface area contributed by atoms with Crippen molar-refractivity contribution in [3.05, 3.63) is 23.8 Å². The third-order valence-electron chi connectivity index (χ3n) is 2.84. The summed E-state index contributed by atoms with van der Waals surface area (Å²) in [5.41, 5.74) is 4.15. The van der Waals surface area contributed by atoms with Gasteiger partial charge in [0.25, 0.3) is 0 Å². The average Bonchev–Trinajstić information content (AvgIpc) is 2.22. The van der Waals surface area contributed by atoms with Gasteiger partial charge < -0.3 is 4.90 Å². The molecule has 15 heavy (non-hydrogen) atoms. The van der Waals surface area contributed by atoms with E-state index in [9.17, 15) is 0 Å². The van der Waals surface area contributed by atoms with Gasteiger partial charge in [0.15, 0.2) is 0 Å².